The van der Waals surface area contributed by atoms with Crippen molar-refractivity contribution in [3.05, 3.63) is 47.0 Å². The summed E-state index contributed by atoms with van der Waals surface area (Å²) in [7, 11) is 0. The summed E-state index contributed by atoms with van der Waals surface area (Å²) in [5.74, 6) is -0.221. The number of carbonyl (C=O) groups is 2. The number of piperazine rings is 1. The highest BCUT2D eigenvalue weighted by Crippen LogP contribution is 2.27. The lowest BCUT2D eigenvalue weighted by molar-refractivity contribution is -0.137. The number of benzene rings is 1. The molecule has 2 heterocycles. The first-order chi connectivity index (χ1) is 15.4. The van der Waals surface area contributed by atoms with E-state index in [9.17, 15) is 14.0 Å². The Morgan fingerprint density at radius 2 is 1.81 bits per heavy atom. The predicted molar refractivity (Wildman–Crippen MR) is 120 cm³/mol. The lowest BCUT2D eigenvalue weighted by Crippen LogP contribution is -2.51. The Balaban J connectivity index is 1.23. The van der Waals surface area contributed by atoms with Gasteiger partial charge in [0.25, 0.3) is 5.91 Å². The van der Waals surface area contributed by atoms with Gasteiger partial charge in [0, 0.05) is 56.4 Å². The number of hydrogen-bond acceptors (Lipinski definition) is 4. The van der Waals surface area contributed by atoms with E-state index in [1.54, 1.807) is 16.8 Å². The Bertz CT molecular complexity index is 975. The number of carbonyl (C=O) groups excluding carboxylic acids is 2. The molecule has 4 rings (SSSR count). The van der Waals surface area contributed by atoms with E-state index >= 15 is 0 Å². The standard InChI is InChI=1S/C24H32FN5O2/c1-17-15-18(2)30(27-17)22-8-7-20(16-21(22)25)23(31)26-9-10-28-11-13-29(14-12-28)24(32)19-5-3-4-6-19/h7-8,15-16,19H,3-6,9-14H2,1-2H3,(H,26,31). The highest BCUT2D eigenvalue weighted by atomic mass is 19.1. The lowest BCUT2D eigenvalue weighted by atomic mass is 10.1. The maximum Gasteiger partial charge on any atom is 0.251 e. The van der Waals surface area contributed by atoms with Gasteiger partial charge >= 0.3 is 0 Å². The molecule has 1 aliphatic heterocycles. The highest BCUT2D eigenvalue weighted by molar-refractivity contribution is 5.94. The van der Waals surface area contributed by atoms with Gasteiger partial charge < -0.3 is 10.2 Å². The SMILES string of the molecule is Cc1cc(C)n(-c2ccc(C(=O)NCCN3CCN(C(=O)C4CCCC4)CC3)cc2F)n1. The second kappa shape index (κ2) is 9.81. The molecule has 0 spiro atoms. The van der Waals surface area contributed by atoms with E-state index in [4.69, 9.17) is 0 Å². The molecule has 32 heavy (non-hydrogen) atoms. The Kier molecular flexibility index (Phi) is 6.89. The van der Waals surface area contributed by atoms with Crippen molar-refractivity contribution in [1.82, 2.24) is 24.9 Å². The zero-order valence-corrected chi connectivity index (χ0v) is 18.9. The van der Waals surface area contributed by atoms with Gasteiger partial charge in [-0.3, -0.25) is 14.5 Å². The monoisotopic (exact) mass is 441 g/mol. The number of nitrogens with zero attached hydrogens (tertiary/aromatic N) is 4. The summed E-state index contributed by atoms with van der Waals surface area (Å²) < 4.78 is 16.2. The summed E-state index contributed by atoms with van der Waals surface area (Å²) in [4.78, 5) is 29.3. The van der Waals surface area contributed by atoms with Crippen LogP contribution in [0.15, 0.2) is 24.3 Å². The fourth-order valence-corrected chi connectivity index (χ4v) is 4.75. The van der Waals surface area contributed by atoms with Crippen molar-refractivity contribution in [2.45, 2.75) is 39.5 Å². The van der Waals surface area contributed by atoms with Gasteiger partial charge in [0.1, 0.15) is 11.5 Å². The molecule has 1 N–H and O–H groups in total. The lowest BCUT2D eigenvalue weighted by Gasteiger charge is -2.36. The molecule has 2 aliphatic rings. The molecule has 1 saturated heterocycles. The smallest absolute Gasteiger partial charge is 0.251 e. The van der Waals surface area contributed by atoms with Crippen molar-refractivity contribution in [3.63, 3.8) is 0 Å². The van der Waals surface area contributed by atoms with E-state index in [1.807, 2.05) is 24.8 Å². The van der Waals surface area contributed by atoms with Crippen LogP contribution in [0.1, 0.15) is 47.4 Å². The molecule has 1 aromatic carbocycles. The summed E-state index contributed by atoms with van der Waals surface area (Å²) in [5.41, 5.74) is 2.27. The number of rotatable bonds is 6. The molecule has 2 amide bonds. The molecule has 8 heteroatoms. The van der Waals surface area contributed by atoms with Crippen LogP contribution < -0.4 is 5.32 Å². The number of nitrogens with one attached hydrogen (secondary N) is 1. The molecular weight excluding hydrogens is 409 g/mol. The third kappa shape index (κ3) is 5.01. The van der Waals surface area contributed by atoms with E-state index in [1.165, 1.54) is 18.9 Å². The molecule has 0 unspecified atom stereocenters. The van der Waals surface area contributed by atoms with Crippen molar-refractivity contribution in [2.24, 2.45) is 5.92 Å². The van der Waals surface area contributed by atoms with Crippen LogP contribution in [0.25, 0.3) is 5.69 Å². The summed E-state index contributed by atoms with van der Waals surface area (Å²) in [6, 6.07) is 6.35. The molecule has 1 aliphatic carbocycles. The fourth-order valence-electron chi connectivity index (χ4n) is 4.75. The summed E-state index contributed by atoms with van der Waals surface area (Å²) in [5, 5.41) is 7.18. The van der Waals surface area contributed by atoms with Crippen LogP contribution in [0.5, 0.6) is 0 Å². The van der Waals surface area contributed by atoms with E-state index in [0.29, 0.717) is 30.2 Å². The van der Waals surface area contributed by atoms with Gasteiger partial charge in [-0.2, -0.15) is 5.10 Å². The molecule has 2 aromatic rings. The quantitative estimate of drug-likeness (QED) is 0.748. The van der Waals surface area contributed by atoms with Crippen molar-refractivity contribution in [1.29, 1.82) is 0 Å². The van der Waals surface area contributed by atoms with E-state index < -0.39 is 5.82 Å². The average Bonchev–Trinajstić information content (AvgIpc) is 3.43. The number of halogens is 1. The van der Waals surface area contributed by atoms with Gasteiger partial charge in [0.2, 0.25) is 5.91 Å². The molecule has 7 nitrogen and oxygen atoms in total. The zero-order chi connectivity index (χ0) is 22.7. The minimum atomic E-state index is -0.480. The molecule has 1 aromatic heterocycles. The minimum Gasteiger partial charge on any atom is -0.351 e. The van der Waals surface area contributed by atoms with Crippen molar-refractivity contribution in [2.75, 3.05) is 39.3 Å². The molecule has 1 saturated carbocycles. The van der Waals surface area contributed by atoms with Crippen LogP contribution in [0.2, 0.25) is 0 Å². The normalized spacial score (nSPS) is 17.7. The van der Waals surface area contributed by atoms with Gasteiger partial charge in [-0.1, -0.05) is 12.8 Å². The van der Waals surface area contributed by atoms with E-state index in [-0.39, 0.29) is 11.8 Å². The van der Waals surface area contributed by atoms with Crippen LogP contribution in [0.4, 0.5) is 4.39 Å². The van der Waals surface area contributed by atoms with Crippen molar-refractivity contribution >= 4 is 11.8 Å². The highest BCUT2D eigenvalue weighted by Gasteiger charge is 2.29. The van der Waals surface area contributed by atoms with Crippen LogP contribution in [-0.2, 0) is 4.79 Å². The third-order valence-corrected chi connectivity index (χ3v) is 6.55. The zero-order valence-electron chi connectivity index (χ0n) is 18.9. The van der Waals surface area contributed by atoms with Crippen LogP contribution in [0, 0.1) is 25.6 Å². The molecule has 0 bridgehead atoms. The summed E-state index contributed by atoms with van der Waals surface area (Å²) in [6.45, 7) is 8.06. The Labute approximate surface area is 188 Å². The Morgan fingerprint density at radius 1 is 1.09 bits per heavy atom. The van der Waals surface area contributed by atoms with Crippen molar-refractivity contribution < 1.29 is 14.0 Å². The molecule has 2 fully saturated rings. The summed E-state index contributed by atoms with van der Waals surface area (Å²) in [6.07, 6.45) is 4.41. The third-order valence-electron chi connectivity index (χ3n) is 6.55. The van der Waals surface area contributed by atoms with Gasteiger partial charge in [-0.05, 0) is 51.0 Å². The van der Waals surface area contributed by atoms with Crippen molar-refractivity contribution in [3.8, 4) is 5.69 Å². The Hall–Kier alpha value is -2.74. The van der Waals surface area contributed by atoms with Gasteiger partial charge in [0.15, 0.2) is 0 Å². The first-order valence-electron chi connectivity index (χ1n) is 11.5. The number of aromatic nitrogens is 2. The molecule has 172 valence electrons. The number of hydrogen-bond donors (Lipinski definition) is 1. The molecular formula is C24H32FN5O2. The van der Waals surface area contributed by atoms with E-state index in [2.05, 4.69) is 15.3 Å². The predicted octanol–water partition coefficient (Wildman–Crippen LogP) is 2.69. The first-order valence-corrected chi connectivity index (χ1v) is 11.5. The molecule has 0 radical (unpaired) electrons. The number of aryl methyl sites for hydroxylation is 2. The minimum absolute atomic E-state index is 0.230. The van der Waals surface area contributed by atoms with E-state index in [0.717, 1.165) is 50.4 Å². The Morgan fingerprint density at radius 3 is 2.44 bits per heavy atom. The first kappa shape index (κ1) is 22.5. The van der Waals surface area contributed by atoms with Crippen LogP contribution >= 0.6 is 0 Å². The largest absolute Gasteiger partial charge is 0.351 e. The van der Waals surface area contributed by atoms with Gasteiger partial charge in [-0.25, -0.2) is 9.07 Å². The van der Waals surface area contributed by atoms with Gasteiger partial charge in [-0.15, -0.1) is 0 Å². The molecule has 0 atom stereocenters. The van der Waals surface area contributed by atoms with Crippen LogP contribution in [-0.4, -0.2) is 70.7 Å². The van der Waals surface area contributed by atoms with Crippen LogP contribution in [0.3, 0.4) is 0 Å². The van der Waals surface area contributed by atoms with Gasteiger partial charge in [0.05, 0.1) is 5.69 Å². The summed E-state index contributed by atoms with van der Waals surface area (Å²) >= 11 is 0. The maximum absolute atomic E-state index is 14.6. The topological polar surface area (TPSA) is 70.5 Å². The fraction of sp³-hybridized carbons (Fsp3) is 0.542. The average molecular weight is 442 g/mol. The maximum atomic E-state index is 14.6. The second-order valence-corrected chi connectivity index (χ2v) is 8.91. The second-order valence-electron chi connectivity index (χ2n) is 8.91. The number of amides is 2.